The van der Waals surface area contributed by atoms with Gasteiger partial charge in [-0.15, -0.1) is 0 Å². The number of guanidine groups is 1. The molecule has 0 aliphatic rings. The first-order valence-electron chi connectivity index (χ1n) is 29.0. The van der Waals surface area contributed by atoms with Gasteiger partial charge >= 0.3 is 18.2 Å². The first kappa shape index (κ1) is 78.6. The van der Waals surface area contributed by atoms with Crippen LogP contribution in [-0.2, 0) is 64.0 Å². The molecule has 11 amide bonds. The number of aliphatic hydroxyl groups excluding tert-OH is 4. The lowest BCUT2D eigenvalue weighted by atomic mass is 9.93. The Bertz CT molecular complexity index is 2570. The maximum atomic E-state index is 14.6. The second kappa shape index (κ2) is 38.1. The molecule has 0 saturated heterocycles. The van der Waals surface area contributed by atoms with Crippen molar-refractivity contribution < 1.29 is 92.5 Å². The Labute approximate surface area is 516 Å². The SMILES string of the molecule is CC[C@H](C)[C@H](NC(=O)[C@@H](CCCNC(=N)N)NC(=O)[C@H](CC(C)C)NC(=O)[C@@H](NC(=O)[C@@H](NC(=O)OCc1ccccc1)[C@H](NC(=O)OC(C)(C)C)C(C)C)[C@H](O)C(C)C)C(=O)N[C@H](C(=O)NCC(=O)NC(C(=O)N[C@@H](CO)C(=O)O)[C@H](O)C(N)=O)[C@H](C)O. The number of amides is 11. The maximum Gasteiger partial charge on any atom is 0.408 e. The summed E-state index contributed by atoms with van der Waals surface area (Å²) in [5.74, 6) is -15.2. The van der Waals surface area contributed by atoms with Crippen molar-refractivity contribution in [1.29, 1.82) is 5.41 Å². The van der Waals surface area contributed by atoms with Crippen molar-refractivity contribution in [3.63, 3.8) is 0 Å². The van der Waals surface area contributed by atoms with Crippen LogP contribution < -0.4 is 70.0 Å². The molecule has 0 aromatic heterocycles. The van der Waals surface area contributed by atoms with Crippen LogP contribution in [0.15, 0.2) is 30.3 Å². The van der Waals surface area contributed by atoms with Gasteiger partial charge in [-0.3, -0.25) is 48.6 Å². The fourth-order valence-corrected chi connectivity index (χ4v) is 8.26. The van der Waals surface area contributed by atoms with Crippen LogP contribution >= 0.6 is 0 Å². The van der Waals surface area contributed by atoms with Crippen LogP contribution in [0.5, 0.6) is 0 Å². The molecule has 21 N–H and O–H groups in total. The molecule has 33 nitrogen and oxygen atoms in total. The van der Waals surface area contributed by atoms with Crippen molar-refractivity contribution in [2.45, 2.75) is 194 Å². The van der Waals surface area contributed by atoms with Gasteiger partial charge in [-0.2, -0.15) is 0 Å². The Balaban J connectivity index is 3.65. The molecule has 1 rings (SSSR count). The van der Waals surface area contributed by atoms with Gasteiger partial charge in [0.15, 0.2) is 12.1 Å². The van der Waals surface area contributed by atoms with Crippen LogP contribution in [0.2, 0.25) is 0 Å². The number of carbonyl (C=O) groups is 12. The van der Waals surface area contributed by atoms with E-state index in [1.165, 1.54) is 0 Å². The summed E-state index contributed by atoms with van der Waals surface area (Å²) in [6.07, 6.45) is -7.88. The number of nitrogens with one attached hydrogen (secondary N) is 12. The van der Waals surface area contributed by atoms with Gasteiger partial charge in [-0.05, 0) is 76.2 Å². The summed E-state index contributed by atoms with van der Waals surface area (Å²) in [6.45, 7) is 16.5. The summed E-state index contributed by atoms with van der Waals surface area (Å²) in [5.41, 5.74) is 10.2. The standard InChI is InChI=1S/C56H94N14O19/c1-13-29(8)37(48(80)67-38(30(9)72)47(79)61-23-35(73)65-41(43(75)44(57)76)51(83)64-34(24-71)52(84)85)66-45(77)32(20-17-21-60-53(58)59)62-46(78)33(22-26(2)3)63-50(82)40(42(74)28(6)7)68-49(81)39(36(27(4)5)69-55(87)89-56(10,11)12)70-54(86)88-25-31-18-15-14-16-19-31/h14-16,18-19,26-30,32-34,36-43,71-72,74-75H,13,17,20-25H2,1-12H3,(H2,57,76)(H,61,79)(H,62,78)(H,63,82)(H,64,83)(H,65,73)(H,66,77)(H,67,80)(H,68,81)(H,69,87)(H,70,86)(H,84,85)(H4,58,59,60)/t29-,30-,32+,33-,34-,36+,37-,38-,39-,40-,41?,42+,43-/m0/s1. The van der Waals surface area contributed by atoms with Crippen LogP contribution in [-0.4, -0.2) is 201 Å². The minimum Gasteiger partial charge on any atom is -0.480 e. The number of hydrogen-bond acceptors (Lipinski definition) is 19. The Kier molecular flexibility index (Phi) is 33.6. The van der Waals surface area contributed by atoms with Crippen molar-refractivity contribution in [3.05, 3.63) is 35.9 Å². The molecule has 0 heterocycles. The lowest BCUT2D eigenvalue weighted by molar-refractivity contribution is -0.145. The lowest BCUT2D eigenvalue weighted by Gasteiger charge is -2.34. The summed E-state index contributed by atoms with van der Waals surface area (Å²) in [4.78, 5) is 161. The predicted octanol–water partition coefficient (Wildman–Crippen LogP) is -3.98. The van der Waals surface area contributed by atoms with E-state index in [1.54, 1.807) is 112 Å². The molecular formula is C56H94N14O19. The number of hydrogen-bond donors (Lipinski definition) is 19. The summed E-state index contributed by atoms with van der Waals surface area (Å²) < 4.78 is 10.9. The monoisotopic (exact) mass is 1270 g/mol. The lowest BCUT2D eigenvalue weighted by Crippen LogP contribution is -2.65. The van der Waals surface area contributed by atoms with Crippen molar-refractivity contribution >= 4 is 77.3 Å². The van der Waals surface area contributed by atoms with Crippen LogP contribution in [0.1, 0.15) is 114 Å². The van der Waals surface area contributed by atoms with E-state index in [0.717, 1.165) is 6.92 Å². The smallest absolute Gasteiger partial charge is 0.408 e. The largest absolute Gasteiger partial charge is 0.480 e. The molecule has 502 valence electrons. The topological polar surface area (TPSA) is 533 Å². The van der Waals surface area contributed by atoms with Gasteiger partial charge in [0.2, 0.25) is 53.2 Å². The normalized spacial score (nSPS) is 15.8. The highest BCUT2D eigenvalue weighted by molar-refractivity contribution is 5.99. The zero-order valence-electron chi connectivity index (χ0n) is 52.4. The third-order valence-electron chi connectivity index (χ3n) is 13.4. The Morgan fingerprint density at radius 1 is 0.596 bits per heavy atom. The molecule has 1 unspecified atom stereocenters. The molecule has 33 heteroatoms. The van der Waals surface area contributed by atoms with E-state index in [-0.39, 0.29) is 44.8 Å². The second-order valence-corrected chi connectivity index (χ2v) is 23.3. The molecule has 0 spiro atoms. The molecule has 13 atom stereocenters. The van der Waals surface area contributed by atoms with Crippen molar-refractivity contribution in [2.24, 2.45) is 35.1 Å². The van der Waals surface area contributed by atoms with Gasteiger partial charge in [-0.25, -0.2) is 14.4 Å². The van der Waals surface area contributed by atoms with Gasteiger partial charge in [0.05, 0.1) is 31.4 Å². The number of aliphatic carboxylic acids is 1. The molecule has 1 aromatic rings. The average molecular weight is 1270 g/mol. The zero-order valence-corrected chi connectivity index (χ0v) is 52.4. The van der Waals surface area contributed by atoms with Gasteiger partial charge in [0.25, 0.3) is 0 Å². The quantitative estimate of drug-likeness (QED) is 0.0172. The third-order valence-corrected chi connectivity index (χ3v) is 13.4. The number of nitrogens with two attached hydrogens (primary N) is 2. The van der Waals surface area contributed by atoms with Crippen LogP contribution in [0.3, 0.4) is 0 Å². The molecular weight excluding hydrogens is 1170 g/mol. The number of benzene rings is 1. The zero-order chi connectivity index (χ0) is 68.2. The molecule has 0 aliphatic carbocycles. The van der Waals surface area contributed by atoms with Crippen LogP contribution in [0, 0.1) is 29.1 Å². The minimum absolute atomic E-state index is 0.00807. The number of alkyl carbamates (subject to hydrolysis) is 2. The molecule has 1 aromatic carbocycles. The van der Waals surface area contributed by atoms with Gasteiger partial charge in [-0.1, -0.05) is 92.1 Å². The molecule has 89 heavy (non-hydrogen) atoms. The Hall–Kier alpha value is -8.43. The number of carbonyl (C=O) groups excluding carboxylic acids is 11. The van der Waals surface area contributed by atoms with Gasteiger partial charge < -0.3 is 105 Å². The van der Waals surface area contributed by atoms with E-state index < -0.39 is 186 Å². The highest BCUT2D eigenvalue weighted by Crippen LogP contribution is 2.17. The van der Waals surface area contributed by atoms with E-state index in [4.69, 9.17) is 26.4 Å². The number of ether oxygens (including phenoxy) is 2. The average Bonchev–Trinajstić information content (AvgIpc) is 1.38. The fraction of sp³-hybridized carbons (Fsp3) is 0.661. The summed E-state index contributed by atoms with van der Waals surface area (Å²) in [5, 5.41) is 84.6. The number of aliphatic hydroxyl groups is 4. The van der Waals surface area contributed by atoms with Gasteiger partial charge in [0.1, 0.15) is 60.5 Å². The summed E-state index contributed by atoms with van der Waals surface area (Å²) in [6, 6.07) is -6.75. The fourth-order valence-electron chi connectivity index (χ4n) is 8.26. The number of rotatable bonds is 37. The maximum absolute atomic E-state index is 14.6. The van der Waals surface area contributed by atoms with E-state index in [2.05, 4.69) is 47.9 Å². The molecule has 0 fully saturated rings. The van der Waals surface area contributed by atoms with Crippen LogP contribution in [0.25, 0.3) is 0 Å². The third kappa shape index (κ3) is 28.5. The number of primary amides is 1. The minimum atomic E-state index is -2.44. The summed E-state index contributed by atoms with van der Waals surface area (Å²) in [7, 11) is 0. The molecule has 0 saturated carbocycles. The molecule has 0 aliphatic heterocycles. The van der Waals surface area contributed by atoms with Crippen molar-refractivity contribution in [2.75, 3.05) is 19.7 Å². The van der Waals surface area contributed by atoms with Crippen molar-refractivity contribution in [3.8, 4) is 0 Å². The van der Waals surface area contributed by atoms with E-state index >= 15 is 0 Å². The van der Waals surface area contributed by atoms with Gasteiger partial charge in [0, 0.05) is 6.54 Å². The molecule has 0 radical (unpaired) electrons. The number of carboxylic acid groups (broad SMARTS) is 1. The van der Waals surface area contributed by atoms with E-state index in [9.17, 15) is 83.1 Å². The molecule has 0 bridgehead atoms. The summed E-state index contributed by atoms with van der Waals surface area (Å²) >= 11 is 0. The first-order chi connectivity index (χ1) is 41.3. The number of carboxylic acids is 1. The van der Waals surface area contributed by atoms with E-state index in [0.29, 0.717) is 5.56 Å². The van der Waals surface area contributed by atoms with Crippen LogP contribution in [0.4, 0.5) is 9.59 Å². The Morgan fingerprint density at radius 2 is 1.12 bits per heavy atom. The highest BCUT2D eigenvalue weighted by atomic mass is 16.6. The van der Waals surface area contributed by atoms with E-state index in [1.807, 2.05) is 5.32 Å². The highest BCUT2D eigenvalue weighted by Gasteiger charge is 2.42. The predicted molar refractivity (Wildman–Crippen MR) is 319 cm³/mol. The second-order valence-electron chi connectivity index (χ2n) is 23.3. The van der Waals surface area contributed by atoms with Crippen molar-refractivity contribution in [1.82, 2.24) is 58.5 Å². The Morgan fingerprint density at radius 3 is 1.63 bits per heavy atom. The first-order valence-corrected chi connectivity index (χ1v) is 29.0.